The Bertz CT molecular complexity index is 971. The van der Waals surface area contributed by atoms with Gasteiger partial charge in [0.05, 0.1) is 12.5 Å². The summed E-state index contributed by atoms with van der Waals surface area (Å²) in [6, 6.07) is 3.49. The van der Waals surface area contributed by atoms with Crippen LogP contribution in [0, 0.1) is 5.92 Å². The van der Waals surface area contributed by atoms with E-state index in [1.54, 1.807) is 37.3 Å². The number of hydrogen-bond acceptors (Lipinski definition) is 7. The van der Waals surface area contributed by atoms with Gasteiger partial charge in [-0.15, -0.1) is 0 Å². The molecule has 204 valence electrons. The average Bonchev–Trinajstić information content (AvgIpc) is 2.84. The Morgan fingerprint density at radius 1 is 0.865 bits per heavy atom. The molecule has 0 fully saturated rings. The highest BCUT2D eigenvalue weighted by atomic mass is 16.4. The third kappa shape index (κ3) is 11.1. The lowest BCUT2D eigenvalue weighted by atomic mass is 9.98. The molecule has 5 atom stereocenters. The molecule has 1 aromatic rings. The van der Waals surface area contributed by atoms with Gasteiger partial charge in [0, 0.05) is 12.8 Å². The van der Waals surface area contributed by atoms with Crippen molar-refractivity contribution < 1.29 is 39.0 Å². The van der Waals surface area contributed by atoms with Gasteiger partial charge in [-0.25, -0.2) is 4.79 Å². The summed E-state index contributed by atoms with van der Waals surface area (Å²) < 4.78 is 0. The van der Waals surface area contributed by atoms with E-state index >= 15 is 0 Å². The van der Waals surface area contributed by atoms with Crippen molar-refractivity contribution in [3.63, 3.8) is 0 Å². The molecule has 0 saturated carbocycles. The van der Waals surface area contributed by atoms with E-state index in [2.05, 4.69) is 16.0 Å². The summed E-state index contributed by atoms with van der Waals surface area (Å²) in [7, 11) is 0. The number of hydrogen-bond donors (Lipinski definition) is 7. The van der Waals surface area contributed by atoms with Crippen LogP contribution >= 0.6 is 0 Å². The molecular weight excluding hydrogens is 486 g/mol. The summed E-state index contributed by atoms with van der Waals surface area (Å²) in [5, 5.41) is 25.4. The standard InChI is InChI=1S/C24H35N5O8/c1-3-13(2)20(26)23(35)28-16(11-14-7-5-4-6-8-14)22(34)27-15(9-10-19(31)32)21(33)29-17(24(36)37)12-18(25)30/h4-8,13,15-17,20H,3,9-12,26H2,1-2H3,(H2,25,30)(H,27,34)(H,28,35)(H,29,33)(H,31,32)(H,36,37). The summed E-state index contributed by atoms with van der Waals surface area (Å²) in [6.45, 7) is 3.65. The lowest BCUT2D eigenvalue weighted by Gasteiger charge is -2.26. The predicted molar refractivity (Wildman–Crippen MR) is 132 cm³/mol. The van der Waals surface area contributed by atoms with Gasteiger partial charge in [-0.1, -0.05) is 50.6 Å². The van der Waals surface area contributed by atoms with Crippen LogP contribution in [-0.2, 0) is 35.2 Å². The SMILES string of the molecule is CCC(C)C(N)C(=O)NC(Cc1ccccc1)C(=O)NC(CCC(=O)O)C(=O)NC(CC(N)=O)C(=O)O. The molecule has 9 N–H and O–H groups in total. The Balaban J connectivity index is 3.16. The number of carbonyl (C=O) groups excluding carboxylic acids is 4. The smallest absolute Gasteiger partial charge is 0.326 e. The van der Waals surface area contributed by atoms with E-state index in [0.29, 0.717) is 12.0 Å². The van der Waals surface area contributed by atoms with Gasteiger partial charge in [0.25, 0.3) is 0 Å². The molecule has 0 spiro atoms. The maximum absolute atomic E-state index is 13.2. The zero-order chi connectivity index (χ0) is 28.1. The van der Waals surface area contributed by atoms with Gasteiger partial charge < -0.3 is 37.6 Å². The molecule has 0 aliphatic heterocycles. The third-order valence-corrected chi connectivity index (χ3v) is 5.78. The Morgan fingerprint density at radius 3 is 1.92 bits per heavy atom. The van der Waals surface area contributed by atoms with Crippen molar-refractivity contribution in [2.45, 2.75) is 70.1 Å². The summed E-state index contributed by atoms with van der Waals surface area (Å²) in [5.74, 6) is -6.36. The highest BCUT2D eigenvalue weighted by molar-refractivity contribution is 5.95. The van der Waals surface area contributed by atoms with Crippen molar-refractivity contribution in [2.75, 3.05) is 0 Å². The predicted octanol–water partition coefficient (Wildman–Crippen LogP) is -1.12. The van der Waals surface area contributed by atoms with E-state index in [4.69, 9.17) is 16.6 Å². The van der Waals surface area contributed by atoms with Gasteiger partial charge in [-0.2, -0.15) is 0 Å². The molecule has 0 saturated heterocycles. The van der Waals surface area contributed by atoms with E-state index in [-0.39, 0.29) is 18.8 Å². The number of aliphatic carboxylic acids is 2. The number of benzene rings is 1. The zero-order valence-electron chi connectivity index (χ0n) is 20.8. The fourth-order valence-electron chi connectivity index (χ4n) is 3.32. The van der Waals surface area contributed by atoms with Gasteiger partial charge in [-0.05, 0) is 17.9 Å². The van der Waals surface area contributed by atoms with Crippen LogP contribution in [-0.4, -0.2) is 69.9 Å². The molecule has 4 amide bonds. The molecule has 0 aromatic heterocycles. The van der Waals surface area contributed by atoms with Crippen LogP contribution in [0.25, 0.3) is 0 Å². The highest BCUT2D eigenvalue weighted by Gasteiger charge is 2.32. The molecule has 0 radical (unpaired) electrons. The first-order valence-corrected chi connectivity index (χ1v) is 11.8. The topological polar surface area (TPSA) is 231 Å². The van der Waals surface area contributed by atoms with E-state index in [0.717, 1.165) is 0 Å². The number of rotatable bonds is 16. The minimum absolute atomic E-state index is 0.0400. The second kappa shape index (κ2) is 15.2. The number of carboxylic acids is 2. The second-order valence-electron chi connectivity index (χ2n) is 8.73. The van der Waals surface area contributed by atoms with Gasteiger partial charge in [0.1, 0.15) is 18.1 Å². The molecule has 37 heavy (non-hydrogen) atoms. The first kappa shape index (κ1) is 31.0. The molecular formula is C24H35N5O8. The van der Waals surface area contributed by atoms with Gasteiger partial charge in [0.2, 0.25) is 23.6 Å². The summed E-state index contributed by atoms with van der Waals surface area (Å²) in [5.41, 5.74) is 11.7. The molecule has 0 heterocycles. The first-order chi connectivity index (χ1) is 17.3. The molecule has 1 aromatic carbocycles. The Kier molecular flexibility index (Phi) is 12.7. The van der Waals surface area contributed by atoms with Crippen LogP contribution in [0.15, 0.2) is 30.3 Å². The summed E-state index contributed by atoms with van der Waals surface area (Å²) >= 11 is 0. The maximum atomic E-state index is 13.2. The maximum Gasteiger partial charge on any atom is 0.326 e. The van der Waals surface area contributed by atoms with Crippen molar-refractivity contribution in [3.8, 4) is 0 Å². The lowest BCUT2D eigenvalue weighted by molar-refractivity contribution is -0.144. The molecule has 0 aliphatic carbocycles. The van der Waals surface area contributed by atoms with Gasteiger partial charge in [0.15, 0.2) is 0 Å². The molecule has 5 unspecified atom stereocenters. The molecule has 0 aliphatic rings. The van der Waals surface area contributed by atoms with E-state index in [9.17, 15) is 33.9 Å². The first-order valence-electron chi connectivity index (χ1n) is 11.8. The zero-order valence-corrected chi connectivity index (χ0v) is 20.8. The van der Waals surface area contributed by atoms with Crippen molar-refractivity contribution in [2.24, 2.45) is 17.4 Å². The quantitative estimate of drug-likeness (QED) is 0.139. The average molecular weight is 522 g/mol. The van der Waals surface area contributed by atoms with Crippen LogP contribution < -0.4 is 27.4 Å². The third-order valence-electron chi connectivity index (χ3n) is 5.78. The number of amides is 4. The molecule has 1 rings (SSSR count). The number of nitrogens with two attached hydrogens (primary N) is 2. The molecule has 13 heteroatoms. The monoisotopic (exact) mass is 521 g/mol. The molecule has 0 bridgehead atoms. The van der Waals surface area contributed by atoms with E-state index < -0.39 is 72.6 Å². The Morgan fingerprint density at radius 2 is 1.41 bits per heavy atom. The van der Waals surface area contributed by atoms with Crippen LogP contribution in [0.1, 0.15) is 45.1 Å². The normalized spacial score (nSPS) is 14.8. The van der Waals surface area contributed by atoms with Crippen molar-refractivity contribution >= 4 is 35.6 Å². The van der Waals surface area contributed by atoms with E-state index in [1.807, 2.05) is 6.92 Å². The Hall–Kier alpha value is -4.00. The lowest BCUT2D eigenvalue weighted by Crippen LogP contribution is -2.58. The van der Waals surface area contributed by atoms with Gasteiger partial charge in [-0.3, -0.25) is 24.0 Å². The van der Waals surface area contributed by atoms with Crippen molar-refractivity contribution in [1.82, 2.24) is 16.0 Å². The minimum Gasteiger partial charge on any atom is -0.481 e. The number of primary amides is 1. The number of carboxylic acid groups (broad SMARTS) is 2. The number of nitrogens with one attached hydrogen (secondary N) is 3. The minimum atomic E-state index is -1.68. The van der Waals surface area contributed by atoms with Crippen LogP contribution in [0.3, 0.4) is 0 Å². The van der Waals surface area contributed by atoms with Crippen LogP contribution in [0.5, 0.6) is 0 Å². The second-order valence-corrected chi connectivity index (χ2v) is 8.73. The van der Waals surface area contributed by atoms with Gasteiger partial charge >= 0.3 is 11.9 Å². The fraction of sp³-hybridized carbons (Fsp3) is 0.500. The Labute approximate surface area is 214 Å². The van der Waals surface area contributed by atoms with Crippen molar-refractivity contribution in [3.05, 3.63) is 35.9 Å². The molecule has 13 nitrogen and oxygen atoms in total. The highest BCUT2D eigenvalue weighted by Crippen LogP contribution is 2.09. The van der Waals surface area contributed by atoms with Crippen LogP contribution in [0.4, 0.5) is 0 Å². The fourth-order valence-corrected chi connectivity index (χ4v) is 3.32. The number of carbonyl (C=O) groups is 6. The van der Waals surface area contributed by atoms with Crippen LogP contribution in [0.2, 0.25) is 0 Å². The largest absolute Gasteiger partial charge is 0.481 e. The van der Waals surface area contributed by atoms with E-state index in [1.165, 1.54) is 0 Å². The summed E-state index contributed by atoms with van der Waals surface area (Å²) in [4.78, 5) is 72.4. The summed E-state index contributed by atoms with van der Waals surface area (Å²) in [6.07, 6.45) is -0.953. The van der Waals surface area contributed by atoms with Crippen molar-refractivity contribution in [1.29, 1.82) is 0 Å².